The molecule has 0 aliphatic heterocycles. The van der Waals surface area contributed by atoms with Gasteiger partial charge in [-0.3, -0.25) is 14.4 Å². The number of nitrogens with one attached hydrogen (secondary N) is 2. The van der Waals surface area contributed by atoms with Gasteiger partial charge in [0.15, 0.2) is 0 Å². The van der Waals surface area contributed by atoms with Gasteiger partial charge in [0.05, 0.1) is 13.2 Å². The number of carbonyl (C=O) groups is 4. The van der Waals surface area contributed by atoms with Crippen LogP contribution in [0.1, 0.15) is 32.4 Å². The molecule has 0 aliphatic carbocycles. The van der Waals surface area contributed by atoms with Crippen molar-refractivity contribution >= 4 is 23.9 Å². The fourth-order valence-electron chi connectivity index (χ4n) is 2.46. The third-order valence-corrected chi connectivity index (χ3v) is 3.77. The number of alkyl carbamates (subject to hydrolysis) is 1. The molecule has 3 amide bonds. The SMILES string of the molecule is COC(=O)CNC(=O)C(c1ccccc1O)N(CC#N)C(=O)CNC(=O)OC(C)(C)C. The molecule has 1 aromatic carbocycles. The number of para-hydroxylation sites is 1. The average Bonchev–Trinajstić information content (AvgIpc) is 2.69. The Kier molecular flexibility index (Phi) is 9.27. The lowest BCUT2D eigenvalue weighted by Gasteiger charge is -2.30. The van der Waals surface area contributed by atoms with Crippen LogP contribution in [0.25, 0.3) is 0 Å². The Labute approximate surface area is 179 Å². The van der Waals surface area contributed by atoms with E-state index >= 15 is 0 Å². The number of benzene rings is 1. The van der Waals surface area contributed by atoms with Crippen LogP contribution in [0.15, 0.2) is 24.3 Å². The summed E-state index contributed by atoms with van der Waals surface area (Å²) in [6, 6.07) is 6.09. The van der Waals surface area contributed by atoms with Gasteiger partial charge in [-0.2, -0.15) is 5.26 Å². The molecule has 0 saturated heterocycles. The number of ether oxygens (including phenoxy) is 2. The van der Waals surface area contributed by atoms with Gasteiger partial charge in [0.1, 0.15) is 37.0 Å². The molecule has 11 nitrogen and oxygen atoms in total. The van der Waals surface area contributed by atoms with Gasteiger partial charge in [-0.05, 0) is 26.8 Å². The van der Waals surface area contributed by atoms with E-state index in [1.54, 1.807) is 26.8 Å². The number of carbonyl (C=O) groups excluding carboxylic acids is 4. The summed E-state index contributed by atoms with van der Waals surface area (Å²) in [5.74, 6) is -2.63. The molecule has 0 heterocycles. The molecule has 3 N–H and O–H groups in total. The molecule has 1 unspecified atom stereocenters. The first-order valence-electron chi connectivity index (χ1n) is 9.25. The molecule has 0 aromatic heterocycles. The van der Waals surface area contributed by atoms with E-state index in [9.17, 15) is 29.5 Å². The van der Waals surface area contributed by atoms with E-state index < -0.39 is 55.2 Å². The molecule has 0 spiro atoms. The van der Waals surface area contributed by atoms with Crippen LogP contribution in [-0.2, 0) is 23.9 Å². The molecule has 0 fully saturated rings. The molecule has 1 atom stereocenters. The highest BCUT2D eigenvalue weighted by Gasteiger charge is 2.33. The van der Waals surface area contributed by atoms with Crippen LogP contribution >= 0.6 is 0 Å². The maximum Gasteiger partial charge on any atom is 0.408 e. The third-order valence-electron chi connectivity index (χ3n) is 3.77. The van der Waals surface area contributed by atoms with Gasteiger partial charge in [0.2, 0.25) is 11.8 Å². The second-order valence-electron chi connectivity index (χ2n) is 7.29. The fourth-order valence-corrected chi connectivity index (χ4v) is 2.46. The van der Waals surface area contributed by atoms with Crippen LogP contribution in [0.4, 0.5) is 4.79 Å². The molecule has 1 rings (SSSR count). The van der Waals surface area contributed by atoms with Crippen LogP contribution in [0.5, 0.6) is 5.75 Å². The van der Waals surface area contributed by atoms with E-state index in [-0.39, 0.29) is 11.3 Å². The summed E-state index contributed by atoms with van der Waals surface area (Å²) in [6.07, 6.45) is -0.855. The van der Waals surface area contributed by atoms with E-state index in [4.69, 9.17) is 4.74 Å². The Morgan fingerprint density at radius 3 is 2.35 bits per heavy atom. The van der Waals surface area contributed by atoms with Gasteiger partial charge in [-0.15, -0.1) is 0 Å². The number of methoxy groups -OCH3 is 1. The predicted molar refractivity (Wildman–Crippen MR) is 107 cm³/mol. The van der Waals surface area contributed by atoms with Crippen LogP contribution < -0.4 is 10.6 Å². The number of phenols is 1. The first-order chi connectivity index (χ1) is 14.5. The van der Waals surface area contributed by atoms with E-state index in [0.29, 0.717) is 0 Å². The Morgan fingerprint density at radius 1 is 1.16 bits per heavy atom. The molecule has 168 valence electrons. The second-order valence-corrected chi connectivity index (χ2v) is 7.29. The highest BCUT2D eigenvalue weighted by molar-refractivity contribution is 5.92. The van der Waals surface area contributed by atoms with Gasteiger partial charge >= 0.3 is 12.1 Å². The average molecular weight is 434 g/mol. The van der Waals surface area contributed by atoms with E-state index in [1.165, 1.54) is 24.3 Å². The maximum atomic E-state index is 12.8. The third kappa shape index (κ3) is 8.22. The lowest BCUT2D eigenvalue weighted by Crippen LogP contribution is -2.48. The Morgan fingerprint density at radius 2 is 1.81 bits per heavy atom. The molecule has 11 heteroatoms. The van der Waals surface area contributed by atoms with Gasteiger partial charge < -0.3 is 30.1 Å². The minimum atomic E-state index is -1.45. The van der Waals surface area contributed by atoms with Gasteiger partial charge in [0.25, 0.3) is 0 Å². The summed E-state index contributed by atoms with van der Waals surface area (Å²) in [7, 11) is 1.14. The molecule has 31 heavy (non-hydrogen) atoms. The van der Waals surface area contributed by atoms with Crippen molar-refractivity contribution in [3.8, 4) is 11.8 Å². The standard InChI is InChI=1S/C20H26N4O7/c1-20(2,3)31-19(29)23-11-15(26)24(10-9-21)17(13-7-5-6-8-14(13)25)18(28)22-12-16(27)30-4/h5-8,17,25H,10-12H2,1-4H3,(H,22,28)(H,23,29). The van der Waals surface area contributed by atoms with Crippen molar-refractivity contribution in [3.63, 3.8) is 0 Å². The molecule has 0 aliphatic rings. The van der Waals surface area contributed by atoms with Crippen molar-refractivity contribution in [2.45, 2.75) is 32.4 Å². The second kappa shape index (κ2) is 11.4. The Bertz CT molecular complexity index is 858. The molecule has 0 bridgehead atoms. The van der Waals surface area contributed by atoms with Crippen molar-refractivity contribution in [3.05, 3.63) is 29.8 Å². The van der Waals surface area contributed by atoms with Crippen LogP contribution in [0.3, 0.4) is 0 Å². The van der Waals surface area contributed by atoms with Crippen LogP contribution in [0, 0.1) is 11.3 Å². The number of hydrogen-bond donors (Lipinski definition) is 3. The van der Waals surface area contributed by atoms with Crippen LogP contribution in [-0.4, -0.2) is 66.2 Å². The zero-order valence-electron chi connectivity index (χ0n) is 17.8. The number of aromatic hydroxyl groups is 1. The molecule has 1 aromatic rings. The number of nitrogens with zero attached hydrogens (tertiary/aromatic N) is 2. The fraction of sp³-hybridized carbons (Fsp3) is 0.450. The number of esters is 1. The molecule has 0 saturated carbocycles. The Balaban J connectivity index is 3.15. The quantitative estimate of drug-likeness (QED) is 0.396. The zero-order valence-corrected chi connectivity index (χ0v) is 17.8. The summed E-state index contributed by atoms with van der Waals surface area (Å²) in [4.78, 5) is 49.7. The first-order valence-corrected chi connectivity index (χ1v) is 9.25. The number of rotatable bonds is 8. The van der Waals surface area contributed by atoms with Crippen molar-refractivity contribution in [1.82, 2.24) is 15.5 Å². The highest BCUT2D eigenvalue weighted by atomic mass is 16.6. The number of hydrogen-bond acceptors (Lipinski definition) is 8. The smallest absolute Gasteiger partial charge is 0.408 e. The van der Waals surface area contributed by atoms with Gasteiger partial charge in [-0.25, -0.2) is 4.79 Å². The summed E-state index contributed by atoms with van der Waals surface area (Å²) < 4.78 is 9.53. The van der Waals surface area contributed by atoms with Crippen molar-refractivity contribution in [1.29, 1.82) is 5.26 Å². The number of nitriles is 1. The maximum absolute atomic E-state index is 12.8. The van der Waals surface area contributed by atoms with Gasteiger partial charge in [0, 0.05) is 5.56 Å². The normalized spacial score (nSPS) is 11.5. The monoisotopic (exact) mass is 434 g/mol. The van der Waals surface area contributed by atoms with E-state index in [0.717, 1.165) is 12.0 Å². The van der Waals surface area contributed by atoms with Crippen molar-refractivity contribution in [2.75, 3.05) is 26.7 Å². The summed E-state index contributed by atoms with van der Waals surface area (Å²) in [6.45, 7) is 3.37. The van der Waals surface area contributed by atoms with E-state index in [2.05, 4.69) is 15.4 Å². The number of phenolic OH excluding ortho intramolecular Hbond substituents is 1. The Hall–Kier alpha value is -3.81. The minimum absolute atomic E-state index is 0.0331. The highest BCUT2D eigenvalue weighted by Crippen LogP contribution is 2.29. The van der Waals surface area contributed by atoms with Crippen molar-refractivity contribution in [2.24, 2.45) is 0 Å². The summed E-state index contributed by atoms with van der Waals surface area (Å²) >= 11 is 0. The predicted octanol–water partition coefficient (Wildman–Crippen LogP) is 0.599. The largest absolute Gasteiger partial charge is 0.508 e. The molecular formula is C20H26N4O7. The first kappa shape index (κ1) is 25.2. The topological polar surface area (TPSA) is 158 Å². The van der Waals surface area contributed by atoms with Crippen molar-refractivity contribution < 1.29 is 33.8 Å². The summed E-state index contributed by atoms with van der Waals surface area (Å²) in [5.41, 5.74) is -0.753. The molecular weight excluding hydrogens is 408 g/mol. The van der Waals surface area contributed by atoms with Crippen LogP contribution in [0.2, 0.25) is 0 Å². The number of amides is 3. The van der Waals surface area contributed by atoms with Gasteiger partial charge in [-0.1, -0.05) is 18.2 Å². The summed E-state index contributed by atoms with van der Waals surface area (Å²) in [5, 5.41) is 24.0. The lowest BCUT2D eigenvalue weighted by atomic mass is 10.0. The minimum Gasteiger partial charge on any atom is -0.508 e. The van der Waals surface area contributed by atoms with E-state index in [1.807, 2.05) is 0 Å². The molecule has 0 radical (unpaired) electrons. The lowest BCUT2D eigenvalue weighted by molar-refractivity contribution is -0.143. The zero-order chi connectivity index (χ0) is 23.6.